The Labute approximate surface area is 365 Å². The summed E-state index contributed by atoms with van der Waals surface area (Å²) in [6.45, 7) is 1.96. The Balaban J connectivity index is 1.60. The van der Waals surface area contributed by atoms with Gasteiger partial charge in [-0.05, 0) is 59.4 Å². The predicted molar refractivity (Wildman–Crippen MR) is 228 cm³/mol. The van der Waals surface area contributed by atoms with Crippen LogP contribution in [0.2, 0.25) is 0 Å². The van der Waals surface area contributed by atoms with Gasteiger partial charge in [0.25, 0.3) is 11.8 Å². The quantitative estimate of drug-likeness (QED) is 0.100. The van der Waals surface area contributed by atoms with Crippen LogP contribution in [0.15, 0.2) is 114 Å². The first-order chi connectivity index (χ1) is 29.6. The van der Waals surface area contributed by atoms with Gasteiger partial charge in [0.2, 0.25) is 29.9 Å². The molecule has 0 aliphatic carbocycles. The van der Waals surface area contributed by atoms with Crippen molar-refractivity contribution in [3.8, 4) is 0 Å². The van der Waals surface area contributed by atoms with E-state index in [2.05, 4.69) is 42.5 Å². The lowest BCUT2D eigenvalue weighted by molar-refractivity contribution is -0.173. The number of aryl methyl sites for hydroxylation is 1. The van der Waals surface area contributed by atoms with Crippen LogP contribution in [0, 0.1) is 0 Å². The molecule has 16 nitrogen and oxygen atoms in total. The lowest BCUT2D eigenvalue weighted by Gasteiger charge is -2.28. The van der Waals surface area contributed by atoms with Gasteiger partial charge in [0, 0.05) is 43.3 Å². The van der Waals surface area contributed by atoms with E-state index < -0.39 is 83.8 Å². The molecule has 0 saturated heterocycles. The normalized spacial score (nSPS) is 21.4. The first kappa shape index (κ1) is 46.2. The molecule has 5 amide bonds. The molecule has 4 aromatic carbocycles. The molecule has 6 N–H and O–H groups in total. The second-order valence-corrected chi connectivity index (χ2v) is 15.5. The third-order valence-electron chi connectivity index (χ3n) is 9.75. The van der Waals surface area contributed by atoms with Crippen LogP contribution in [0.3, 0.4) is 0 Å². The van der Waals surface area contributed by atoms with Gasteiger partial charge in [-0.1, -0.05) is 101 Å². The van der Waals surface area contributed by atoms with Crippen molar-refractivity contribution in [3.05, 3.63) is 136 Å². The van der Waals surface area contributed by atoms with E-state index in [1.54, 1.807) is 54.6 Å². The predicted octanol–water partition coefficient (Wildman–Crippen LogP) is 2.95. The second kappa shape index (κ2) is 22.1. The SMILES string of the molecule is CC(=O)O[C@H]1C(=O)Nc2ccc(cc2)C[C@H](C(=O)O)NC(=O)[C@@H](CCc2ccccc2)NC(=O)[C@H](Cc2ccc(Br)cc2)NC(=O)[C@@H](Cc2ccccc2)NC(=O)[C@@H]1OC(C)=O. The van der Waals surface area contributed by atoms with Crippen LogP contribution < -0.4 is 26.6 Å². The van der Waals surface area contributed by atoms with Crippen molar-refractivity contribution in [2.45, 2.75) is 82.3 Å². The highest BCUT2D eigenvalue weighted by Crippen LogP contribution is 2.18. The molecule has 2 aliphatic rings. The van der Waals surface area contributed by atoms with E-state index in [1.807, 2.05) is 30.3 Å². The maximum absolute atomic E-state index is 14.4. The van der Waals surface area contributed by atoms with Gasteiger partial charge in [-0.2, -0.15) is 0 Å². The summed E-state index contributed by atoms with van der Waals surface area (Å²) in [5, 5.41) is 23.3. The van der Waals surface area contributed by atoms with Gasteiger partial charge in [-0.15, -0.1) is 0 Å². The van der Waals surface area contributed by atoms with E-state index in [9.17, 15) is 43.5 Å². The minimum absolute atomic E-state index is 0.0506. The van der Waals surface area contributed by atoms with Crippen molar-refractivity contribution in [3.63, 3.8) is 0 Å². The zero-order valence-corrected chi connectivity index (χ0v) is 35.4. The fourth-order valence-corrected chi connectivity index (χ4v) is 6.92. The number of ether oxygens (including phenoxy) is 2. The molecule has 0 unspecified atom stereocenters. The zero-order valence-electron chi connectivity index (χ0n) is 33.8. The number of benzene rings is 4. The van der Waals surface area contributed by atoms with Crippen LogP contribution in [0.5, 0.6) is 0 Å². The highest BCUT2D eigenvalue weighted by molar-refractivity contribution is 9.10. The Morgan fingerprint density at radius 2 is 1.05 bits per heavy atom. The molecule has 6 atom stereocenters. The summed E-state index contributed by atoms with van der Waals surface area (Å²) in [7, 11) is 0. The van der Waals surface area contributed by atoms with Crippen LogP contribution in [0.25, 0.3) is 0 Å². The van der Waals surface area contributed by atoms with E-state index in [0.717, 1.165) is 23.9 Å². The Morgan fingerprint density at radius 3 is 1.58 bits per heavy atom. The highest BCUT2D eigenvalue weighted by atomic mass is 79.9. The van der Waals surface area contributed by atoms with E-state index in [0.29, 0.717) is 23.1 Å². The molecular weight excluding hydrogens is 866 g/mol. The maximum atomic E-state index is 14.4. The molecule has 2 aliphatic heterocycles. The first-order valence-electron chi connectivity index (χ1n) is 19.7. The number of hydrogen-bond acceptors (Lipinski definition) is 10. The van der Waals surface area contributed by atoms with Gasteiger partial charge < -0.3 is 41.2 Å². The Kier molecular flexibility index (Phi) is 16.5. The molecule has 0 fully saturated rings. The fraction of sp³-hybridized carbons (Fsp3) is 0.289. The van der Waals surface area contributed by atoms with Gasteiger partial charge in [0.05, 0.1) is 0 Å². The lowest BCUT2D eigenvalue weighted by atomic mass is 10.00. The van der Waals surface area contributed by atoms with Gasteiger partial charge >= 0.3 is 17.9 Å². The van der Waals surface area contributed by atoms with Crippen LogP contribution in [-0.4, -0.2) is 88.9 Å². The molecule has 324 valence electrons. The van der Waals surface area contributed by atoms with Crippen LogP contribution in [0.1, 0.15) is 42.5 Å². The Morgan fingerprint density at radius 1 is 0.581 bits per heavy atom. The minimum Gasteiger partial charge on any atom is -0.480 e. The zero-order chi connectivity index (χ0) is 44.8. The van der Waals surface area contributed by atoms with Crippen molar-refractivity contribution in [1.82, 2.24) is 21.3 Å². The molecule has 0 spiro atoms. The van der Waals surface area contributed by atoms with Gasteiger partial charge in [-0.25, -0.2) is 4.79 Å². The van der Waals surface area contributed by atoms with Crippen LogP contribution in [0.4, 0.5) is 5.69 Å². The molecular formula is C45H46BrN5O11. The maximum Gasteiger partial charge on any atom is 0.326 e. The minimum atomic E-state index is -2.10. The van der Waals surface area contributed by atoms with Crippen molar-refractivity contribution >= 4 is 69.1 Å². The van der Waals surface area contributed by atoms with E-state index >= 15 is 0 Å². The average Bonchev–Trinajstić information content (AvgIpc) is 3.24. The number of amides is 5. The van der Waals surface area contributed by atoms with Crippen molar-refractivity contribution in [2.24, 2.45) is 0 Å². The van der Waals surface area contributed by atoms with Gasteiger partial charge in [-0.3, -0.25) is 33.6 Å². The smallest absolute Gasteiger partial charge is 0.326 e. The number of carboxylic acid groups (broad SMARTS) is 1. The third kappa shape index (κ3) is 13.8. The summed E-state index contributed by atoms with van der Waals surface area (Å²) in [6.07, 6.45) is -4.25. The molecule has 17 heteroatoms. The molecule has 4 aromatic rings. The summed E-state index contributed by atoms with van der Waals surface area (Å²) < 4.78 is 11.3. The number of esters is 2. The molecule has 0 saturated carbocycles. The molecule has 0 radical (unpaired) electrons. The topological polar surface area (TPSA) is 235 Å². The van der Waals surface area contributed by atoms with E-state index in [4.69, 9.17) is 9.47 Å². The fourth-order valence-electron chi connectivity index (χ4n) is 6.66. The molecule has 2 heterocycles. The molecule has 62 heavy (non-hydrogen) atoms. The first-order valence-corrected chi connectivity index (χ1v) is 20.4. The standard InChI is InChI=1S/C45H46BrN5O11/c1-26(52)61-38-39(62-27(2)53)44(58)50-36(23-29-11-7-4-8-12-29)42(56)49-35(24-30-13-18-32(46)19-14-30)41(55)48-34(22-17-28-9-5-3-6-10-28)40(54)51-37(45(59)60)25-31-15-20-33(21-16-31)47-43(38)57/h3-16,18-21,34-39H,17,22-25H2,1-2H3,(H,47,57)(H,48,55)(H,49,56)(H,50,58)(H,51,54)(H,59,60)/t34-,35+,36-,37-,38-,39-/m1/s1. The van der Waals surface area contributed by atoms with Gasteiger partial charge in [0.1, 0.15) is 24.2 Å². The number of halogens is 1. The second-order valence-electron chi connectivity index (χ2n) is 14.6. The van der Waals surface area contributed by atoms with Crippen molar-refractivity contribution < 1.29 is 52.9 Å². The molecule has 2 bridgehead atoms. The summed E-state index contributed by atoms with van der Waals surface area (Å²) in [4.78, 5) is 108. The number of carbonyl (C=O) groups is 8. The number of carboxylic acids is 1. The summed E-state index contributed by atoms with van der Waals surface area (Å²) in [5.41, 5.74) is 2.58. The third-order valence-corrected chi connectivity index (χ3v) is 10.3. The number of hydrogen-bond donors (Lipinski definition) is 6. The number of rotatable bonds is 10. The largest absolute Gasteiger partial charge is 0.480 e. The molecule has 0 aromatic heterocycles. The van der Waals surface area contributed by atoms with E-state index in [1.165, 1.54) is 24.3 Å². The van der Waals surface area contributed by atoms with Gasteiger partial charge in [0.15, 0.2) is 0 Å². The lowest BCUT2D eigenvalue weighted by Crippen LogP contribution is -2.60. The number of carbonyl (C=O) groups excluding carboxylic acids is 7. The van der Waals surface area contributed by atoms with Crippen LogP contribution in [-0.2, 0) is 73.5 Å². The van der Waals surface area contributed by atoms with Crippen molar-refractivity contribution in [2.75, 3.05) is 5.32 Å². The van der Waals surface area contributed by atoms with E-state index in [-0.39, 0.29) is 31.4 Å². The monoisotopic (exact) mass is 911 g/mol. The molecule has 6 rings (SSSR count). The number of anilines is 1. The summed E-state index contributed by atoms with van der Waals surface area (Å²) in [6, 6.07) is 24.8. The number of nitrogens with one attached hydrogen (secondary N) is 5. The summed E-state index contributed by atoms with van der Waals surface area (Å²) >= 11 is 3.39. The average molecular weight is 913 g/mol. The Bertz CT molecular complexity index is 2240. The highest BCUT2D eigenvalue weighted by Gasteiger charge is 2.41. The number of fused-ring (bicyclic) bond motifs is 18. The summed E-state index contributed by atoms with van der Waals surface area (Å²) in [5.74, 6) is -8.08. The Hall–Kier alpha value is -6.88. The van der Waals surface area contributed by atoms with Crippen molar-refractivity contribution in [1.29, 1.82) is 0 Å². The number of aliphatic carboxylic acids is 1. The van der Waals surface area contributed by atoms with Crippen LogP contribution >= 0.6 is 15.9 Å².